The zero-order valence-electron chi connectivity index (χ0n) is 15.2. The van der Waals surface area contributed by atoms with Crippen LogP contribution in [0.3, 0.4) is 0 Å². The van der Waals surface area contributed by atoms with Gasteiger partial charge in [0.05, 0.1) is 22.8 Å². The molecule has 0 atom stereocenters. The monoisotopic (exact) mass is 390 g/mol. The molecule has 1 aromatic heterocycles. The highest BCUT2D eigenvalue weighted by Gasteiger charge is 2.08. The number of aromatic nitrogens is 1. The summed E-state index contributed by atoms with van der Waals surface area (Å²) in [5.74, 6) is 2.10. The summed E-state index contributed by atoms with van der Waals surface area (Å²) in [6, 6.07) is 20.6. The number of nitrogens with one attached hydrogen (secondary N) is 1. The molecule has 1 heterocycles. The van der Waals surface area contributed by atoms with Crippen molar-refractivity contribution in [1.82, 2.24) is 10.3 Å². The SMILES string of the molecule is COc1ccc(Oc2cccc(CNC(=O)c3ccc4ncsc4c3)c2)cc1. The third-order valence-electron chi connectivity index (χ3n) is 4.24. The molecule has 0 saturated carbocycles. The van der Waals surface area contributed by atoms with Crippen LogP contribution < -0.4 is 14.8 Å². The number of methoxy groups -OCH3 is 1. The van der Waals surface area contributed by atoms with Gasteiger partial charge >= 0.3 is 0 Å². The molecule has 0 unspecified atom stereocenters. The van der Waals surface area contributed by atoms with Gasteiger partial charge in [-0.1, -0.05) is 12.1 Å². The average molecular weight is 390 g/mol. The van der Waals surface area contributed by atoms with E-state index < -0.39 is 0 Å². The number of benzene rings is 3. The number of carbonyl (C=O) groups excluding carboxylic acids is 1. The zero-order chi connectivity index (χ0) is 19.3. The number of hydrogen-bond acceptors (Lipinski definition) is 5. The molecule has 0 radical (unpaired) electrons. The summed E-state index contributed by atoms with van der Waals surface area (Å²) in [5, 5.41) is 2.95. The zero-order valence-corrected chi connectivity index (χ0v) is 16.0. The van der Waals surface area contributed by atoms with E-state index in [0.29, 0.717) is 17.9 Å². The Bertz CT molecular complexity index is 1110. The molecule has 5 nitrogen and oxygen atoms in total. The number of thiazole rings is 1. The molecule has 0 bridgehead atoms. The van der Waals surface area contributed by atoms with Crippen LogP contribution in [-0.2, 0) is 6.54 Å². The third-order valence-corrected chi connectivity index (χ3v) is 5.03. The molecule has 28 heavy (non-hydrogen) atoms. The predicted molar refractivity (Wildman–Crippen MR) is 110 cm³/mol. The van der Waals surface area contributed by atoms with Crippen LogP contribution in [0.15, 0.2) is 72.2 Å². The quantitative estimate of drug-likeness (QED) is 0.502. The predicted octanol–water partition coefficient (Wildman–Crippen LogP) is 5.03. The van der Waals surface area contributed by atoms with Gasteiger partial charge in [0.2, 0.25) is 0 Å². The van der Waals surface area contributed by atoms with E-state index in [2.05, 4.69) is 10.3 Å². The molecule has 0 spiro atoms. The fraction of sp³-hybridized carbons (Fsp3) is 0.0909. The molecule has 1 amide bonds. The first-order chi connectivity index (χ1) is 13.7. The van der Waals surface area contributed by atoms with Gasteiger partial charge in [-0.2, -0.15) is 0 Å². The highest BCUT2D eigenvalue weighted by Crippen LogP contribution is 2.24. The Hall–Kier alpha value is -3.38. The van der Waals surface area contributed by atoms with Gasteiger partial charge in [0, 0.05) is 12.1 Å². The van der Waals surface area contributed by atoms with Crippen molar-refractivity contribution in [3.63, 3.8) is 0 Å². The topological polar surface area (TPSA) is 60.5 Å². The van der Waals surface area contributed by atoms with E-state index in [9.17, 15) is 4.79 Å². The van der Waals surface area contributed by atoms with E-state index in [1.807, 2.05) is 60.7 Å². The van der Waals surface area contributed by atoms with Crippen molar-refractivity contribution >= 4 is 27.5 Å². The van der Waals surface area contributed by atoms with E-state index in [4.69, 9.17) is 9.47 Å². The van der Waals surface area contributed by atoms with Crippen molar-refractivity contribution in [1.29, 1.82) is 0 Å². The Kier molecular flexibility index (Phi) is 5.21. The number of fused-ring (bicyclic) bond motifs is 1. The van der Waals surface area contributed by atoms with Gasteiger partial charge in [-0.05, 0) is 60.2 Å². The summed E-state index contributed by atoms with van der Waals surface area (Å²) >= 11 is 1.52. The number of ether oxygens (including phenoxy) is 2. The van der Waals surface area contributed by atoms with E-state index >= 15 is 0 Å². The fourth-order valence-corrected chi connectivity index (χ4v) is 3.50. The van der Waals surface area contributed by atoms with Crippen LogP contribution in [0.2, 0.25) is 0 Å². The van der Waals surface area contributed by atoms with Crippen molar-refractivity contribution in [2.24, 2.45) is 0 Å². The highest BCUT2D eigenvalue weighted by atomic mass is 32.1. The van der Waals surface area contributed by atoms with Crippen molar-refractivity contribution in [2.75, 3.05) is 7.11 Å². The molecule has 4 aromatic rings. The minimum Gasteiger partial charge on any atom is -0.497 e. The second-order valence-electron chi connectivity index (χ2n) is 6.14. The van der Waals surface area contributed by atoms with Crippen LogP contribution in [0, 0.1) is 0 Å². The van der Waals surface area contributed by atoms with E-state index in [0.717, 1.165) is 27.3 Å². The normalized spacial score (nSPS) is 10.6. The van der Waals surface area contributed by atoms with Crippen molar-refractivity contribution in [3.05, 3.63) is 83.4 Å². The Balaban J connectivity index is 1.40. The van der Waals surface area contributed by atoms with Crippen LogP contribution in [-0.4, -0.2) is 18.0 Å². The number of nitrogens with zero attached hydrogens (tertiary/aromatic N) is 1. The number of carbonyl (C=O) groups is 1. The number of rotatable bonds is 6. The standard InChI is InChI=1S/C22H18N2O3S/c1-26-17-6-8-18(9-7-17)27-19-4-2-3-15(11-19)13-23-22(25)16-5-10-20-21(12-16)28-14-24-20/h2-12,14H,13H2,1H3,(H,23,25). The number of hydrogen-bond donors (Lipinski definition) is 1. The maximum atomic E-state index is 12.4. The minimum atomic E-state index is -0.114. The Morgan fingerprint density at radius 2 is 1.82 bits per heavy atom. The van der Waals surface area contributed by atoms with Gasteiger partial charge in [-0.25, -0.2) is 4.98 Å². The van der Waals surface area contributed by atoms with Gasteiger partial charge in [0.1, 0.15) is 17.2 Å². The van der Waals surface area contributed by atoms with E-state index in [1.54, 1.807) is 18.7 Å². The first-order valence-corrected chi connectivity index (χ1v) is 9.61. The molecular formula is C22H18N2O3S. The van der Waals surface area contributed by atoms with Crippen LogP contribution in [0.5, 0.6) is 17.2 Å². The van der Waals surface area contributed by atoms with Crippen molar-refractivity contribution in [3.8, 4) is 17.2 Å². The van der Waals surface area contributed by atoms with E-state index in [-0.39, 0.29) is 5.91 Å². The summed E-state index contributed by atoms with van der Waals surface area (Å²) in [6.07, 6.45) is 0. The van der Waals surface area contributed by atoms with Crippen molar-refractivity contribution < 1.29 is 14.3 Å². The number of amides is 1. The first-order valence-electron chi connectivity index (χ1n) is 8.73. The maximum absolute atomic E-state index is 12.4. The molecule has 0 aliphatic heterocycles. The first kappa shape index (κ1) is 18.0. The van der Waals surface area contributed by atoms with E-state index in [1.165, 1.54) is 11.3 Å². The lowest BCUT2D eigenvalue weighted by atomic mass is 10.2. The average Bonchev–Trinajstić information content (AvgIpc) is 3.21. The summed E-state index contributed by atoms with van der Waals surface area (Å²) in [4.78, 5) is 16.7. The molecule has 3 aromatic carbocycles. The molecule has 140 valence electrons. The second-order valence-corrected chi connectivity index (χ2v) is 7.03. The minimum absolute atomic E-state index is 0.114. The summed E-state index contributed by atoms with van der Waals surface area (Å²) in [6.45, 7) is 0.416. The lowest BCUT2D eigenvalue weighted by molar-refractivity contribution is 0.0951. The fourth-order valence-electron chi connectivity index (χ4n) is 2.78. The molecule has 0 aliphatic carbocycles. The molecule has 4 rings (SSSR count). The van der Waals surface area contributed by atoms with Crippen LogP contribution >= 0.6 is 11.3 Å². The van der Waals surface area contributed by atoms with Crippen molar-refractivity contribution in [2.45, 2.75) is 6.54 Å². The second kappa shape index (κ2) is 8.10. The molecule has 6 heteroatoms. The summed E-state index contributed by atoms with van der Waals surface area (Å²) < 4.78 is 12.0. The Morgan fingerprint density at radius 3 is 2.64 bits per heavy atom. The van der Waals surface area contributed by atoms with Gasteiger partial charge in [-0.3, -0.25) is 4.79 Å². The lowest BCUT2D eigenvalue weighted by Gasteiger charge is -2.09. The van der Waals surface area contributed by atoms with Gasteiger partial charge in [-0.15, -0.1) is 11.3 Å². The molecule has 0 fully saturated rings. The Morgan fingerprint density at radius 1 is 1.00 bits per heavy atom. The van der Waals surface area contributed by atoms with Gasteiger partial charge < -0.3 is 14.8 Å². The molecule has 0 aliphatic rings. The van der Waals surface area contributed by atoms with Gasteiger partial charge in [0.25, 0.3) is 5.91 Å². The Labute approximate surface area is 166 Å². The van der Waals surface area contributed by atoms with Gasteiger partial charge in [0.15, 0.2) is 0 Å². The van der Waals surface area contributed by atoms with Crippen LogP contribution in [0.25, 0.3) is 10.2 Å². The molecular weight excluding hydrogens is 372 g/mol. The van der Waals surface area contributed by atoms with Crippen LogP contribution in [0.4, 0.5) is 0 Å². The maximum Gasteiger partial charge on any atom is 0.251 e. The highest BCUT2D eigenvalue weighted by molar-refractivity contribution is 7.16. The molecule has 1 N–H and O–H groups in total. The largest absolute Gasteiger partial charge is 0.497 e. The summed E-state index contributed by atoms with van der Waals surface area (Å²) in [7, 11) is 1.63. The van der Waals surface area contributed by atoms with Crippen LogP contribution in [0.1, 0.15) is 15.9 Å². The lowest BCUT2D eigenvalue weighted by Crippen LogP contribution is -2.22. The smallest absolute Gasteiger partial charge is 0.251 e. The molecule has 0 saturated heterocycles. The summed E-state index contributed by atoms with van der Waals surface area (Å²) in [5.41, 5.74) is 4.27. The third kappa shape index (κ3) is 4.13.